The van der Waals surface area contributed by atoms with Crippen molar-refractivity contribution in [1.82, 2.24) is 9.80 Å². The molecule has 4 aliphatic rings. The first kappa shape index (κ1) is 28.7. The summed E-state index contributed by atoms with van der Waals surface area (Å²) >= 11 is 1.58. The zero-order valence-electron chi connectivity index (χ0n) is 24.2. The van der Waals surface area contributed by atoms with Crippen molar-refractivity contribution in [3.63, 3.8) is 0 Å². The number of carbonyl (C=O) groups excluding carboxylic acids is 3. The number of fused-ring (bicyclic) bond motifs is 2. The summed E-state index contributed by atoms with van der Waals surface area (Å²) in [5, 5.41) is 10.4. The molecule has 216 valence electrons. The fourth-order valence-corrected chi connectivity index (χ4v) is 9.03. The molecular formula is C31H42N4O4S. The summed E-state index contributed by atoms with van der Waals surface area (Å²) in [4.78, 5) is 50.1. The van der Waals surface area contributed by atoms with Gasteiger partial charge in [0.1, 0.15) is 6.04 Å². The summed E-state index contributed by atoms with van der Waals surface area (Å²) in [6.07, 6.45) is 8.82. The molecule has 3 amide bonds. The predicted octanol–water partition coefficient (Wildman–Crippen LogP) is 3.17. The summed E-state index contributed by atoms with van der Waals surface area (Å²) in [6, 6.07) is 6.69. The number of thioether (sulfide) groups is 1. The fourth-order valence-electron chi connectivity index (χ4n) is 7.04. The number of anilines is 2. The molecule has 0 aliphatic carbocycles. The average molecular weight is 567 g/mol. The van der Waals surface area contributed by atoms with E-state index < -0.39 is 28.7 Å². The number of aliphatic hydroxyl groups is 1. The van der Waals surface area contributed by atoms with Crippen molar-refractivity contribution in [2.45, 2.75) is 56.2 Å². The van der Waals surface area contributed by atoms with E-state index in [4.69, 9.17) is 0 Å². The van der Waals surface area contributed by atoms with Crippen molar-refractivity contribution >= 4 is 40.9 Å². The van der Waals surface area contributed by atoms with Crippen LogP contribution in [0.15, 0.2) is 48.6 Å². The van der Waals surface area contributed by atoms with Gasteiger partial charge in [0.05, 0.1) is 29.2 Å². The van der Waals surface area contributed by atoms with E-state index in [1.165, 1.54) is 0 Å². The molecule has 2 saturated heterocycles. The number of rotatable bonds is 8. The second-order valence-electron chi connectivity index (χ2n) is 11.4. The Labute approximate surface area is 242 Å². The SMILES string of the molecule is CC[C@H](C)[C@H](CO)N1C(=O)[C@@H]2[C@@H]3C(=O)N(C)CC=C[C@@H]3S[C@@]23C=CCN(c2ccc(N(CC)CC)cc2)C(=O)C13. The first-order chi connectivity index (χ1) is 19.2. The van der Waals surface area contributed by atoms with Crippen LogP contribution in [0, 0.1) is 17.8 Å². The number of nitrogens with zero attached hydrogens (tertiary/aromatic N) is 4. The van der Waals surface area contributed by atoms with Crippen LogP contribution in [0.4, 0.5) is 11.4 Å². The summed E-state index contributed by atoms with van der Waals surface area (Å²) in [5.74, 6) is -1.66. The quantitative estimate of drug-likeness (QED) is 0.487. The molecule has 40 heavy (non-hydrogen) atoms. The standard InChI is InChI=1S/C31H42N4O4S/c1-6-20(4)23(19-36)35-27-30(39)34(22-14-12-21(13-15-22)33(7-2)8-3)18-10-16-31(27)26(29(35)38)25-24(40-31)11-9-17-32(5)28(25)37/h9-16,20,23-27,36H,6-8,17-19H2,1-5H3/t20-,23-,24-,25+,26-,27?,31-/m0/s1. The molecule has 4 heterocycles. The Morgan fingerprint density at radius 2 is 1.73 bits per heavy atom. The molecule has 9 heteroatoms. The van der Waals surface area contributed by atoms with Crippen LogP contribution < -0.4 is 9.80 Å². The van der Waals surface area contributed by atoms with Crippen LogP contribution in [0.25, 0.3) is 0 Å². The van der Waals surface area contributed by atoms with E-state index in [1.54, 1.807) is 33.5 Å². The summed E-state index contributed by atoms with van der Waals surface area (Å²) in [7, 11) is 1.77. The third-order valence-electron chi connectivity index (χ3n) is 9.43. The third-order valence-corrected chi connectivity index (χ3v) is 11.2. The average Bonchev–Trinajstić information content (AvgIpc) is 3.29. The molecule has 0 radical (unpaired) electrons. The maximum Gasteiger partial charge on any atom is 0.251 e. The van der Waals surface area contributed by atoms with Crippen LogP contribution >= 0.6 is 11.8 Å². The topological polar surface area (TPSA) is 84.4 Å². The normalized spacial score (nSPS) is 31.1. The van der Waals surface area contributed by atoms with Gasteiger partial charge in [-0.15, -0.1) is 11.8 Å². The van der Waals surface area contributed by atoms with E-state index in [0.717, 1.165) is 30.9 Å². The number of benzene rings is 1. The molecule has 0 saturated carbocycles. The maximum absolute atomic E-state index is 14.7. The number of hydrogen-bond donors (Lipinski definition) is 1. The van der Waals surface area contributed by atoms with Crippen LogP contribution in [-0.2, 0) is 14.4 Å². The molecule has 5 rings (SSSR count). The molecule has 0 aromatic heterocycles. The molecule has 1 aromatic carbocycles. The van der Waals surface area contributed by atoms with Gasteiger partial charge in [-0.05, 0) is 44.0 Å². The molecule has 7 atom stereocenters. The number of aliphatic hydroxyl groups excluding tert-OH is 1. The van der Waals surface area contributed by atoms with Crippen LogP contribution in [0.3, 0.4) is 0 Å². The monoisotopic (exact) mass is 566 g/mol. The maximum atomic E-state index is 14.7. The van der Waals surface area contributed by atoms with Crippen molar-refractivity contribution in [3.05, 3.63) is 48.6 Å². The Balaban J connectivity index is 1.60. The summed E-state index contributed by atoms with van der Waals surface area (Å²) in [6.45, 7) is 10.7. The van der Waals surface area contributed by atoms with Gasteiger partial charge in [0.15, 0.2) is 0 Å². The van der Waals surface area contributed by atoms with Crippen molar-refractivity contribution in [3.8, 4) is 0 Å². The van der Waals surface area contributed by atoms with Crippen molar-refractivity contribution in [1.29, 1.82) is 0 Å². The number of likely N-dealkylation sites (N-methyl/N-ethyl adjacent to an activating group) is 1. The van der Waals surface area contributed by atoms with Gasteiger partial charge < -0.3 is 24.7 Å². The lowest BCUT2D eigenvalue weighted by atomic mass is 9.78. The van der Waals surface area contributed by atoms with E-state index >= 15 is 0 Å². The van der Waals surface area contributed by atoms with Crippen molar-refractivity contribution in [2.24, 2.45) is 17.8 Å². The Kier molecular flexibility index (Phi) is 8.08. The Hall–Kier alpha value is -2.78. The minimum absolute atomic E-state index is 0.0140. The van der Waals surface area contributed by atoms with Gasteiger partial charge in [-0.25, -0.2) is 0 Å². The second-order valence-corrected chi connectivity index (χ2v) is 12.9. The molecular weight excluding hydrogens is 524 g/mol. The minimum Gasteiger partial charge on any atom is -0.394 e. The van der Waals surface area contributed by atoms with E-state index in [1.807, 2.05) is 62.4 Å². The van der Waals surface area contributed by atoms with Gasteiger partial charge in [-0.1, -0.05) is 44.6 Å². The Morgan fingerprint density at radius 1 is 1.02 bits per heavy atom. The highest BCUT2D eigenvalue weighted by atomic mass is 32.2. The van der Waals surface area contributed by atoms with Crippen LogP contribution in [-0.4, -0.2) is 94.5 Å². The molecule has 1 spiro atoms. The Bertz CT molecular complexity index is 1200. The molecule has 8 nitrogen and oxygen atoms in total. The third kappa shape index (κ3) is 4.36. The highest BCUT2D eigenvalue weighted by molar-refractivity contribution is 8.02. The first-order valence-corrected chi connectivity index (χ1v) is 15.5. The molecule has 2 fully saturated rings. The predicted molar refractivity (Wildman–Crippen MR) is 160 cm³/mol. The smallest absolute Gasteiger partial charge is 0.251 e. The van der Waals surface area contributed by atoms with Gasteiger partial charge in [-0.3, -0.25) is 14.4 Å². The van der Waals surface area contributed by atoms with Gasteiger partial charge in [0.2, 0.25) is 11.8 Å². The lowest BCUT2D eigenvalue weighted by molar-refractivity contribution is -0.145. The Morgan fingerprint density at radius 3 is 2.35 bits per heavy atom. The van der Waals surface area contributed by atoms with Crippen LogP contribution in [0.1, 0.15) is 34.1 Å². The van der Waals surface area contributed by atoms with Gasteiger partial charge in [0.25, 0.3) is 5.91 Å². The molecule has 1 unspecified atom stereocenters. The van der Waals surface area contributed by atoms with E-state index in [9.17, 15) is 19.5 Å². The van der Waals surface area contributed by atoms with E-state index in [-0.39, 0.29) is 35.5 Å². The van der Waals surface area contributed by atoms with E-state index in [0.29, 0.717) is 13.1 Å². The molecule has 4 aliphatic heterocycles. The highest BCUT2D eigenvalue weighted by Crippen LogP contribution is 2.61. The fraction of sp³-hybridized carbons (Fsp3) is 0.581. The summed E-state index contributed by atoms with van der Waals surface area (Å²) in [5.41, 5.74) is 1.87. The number of hydrogen-bond acceptors (Lipinski definition) is 6. The van der Waals surface area contributed by atoms with Crippen molar-refractivity contribution < 1.29 is 19.5 Å². The minimum atomic E-state index is -0.890. The van der Waals surface area contributed by atoms with Gasteiger partial charge in [0, 0.05) is 49.9 Å². The zero-order valence-corrected chi connectivity index (χ0v) is 25.0. The lowest BCUT2D eigenvalue weighted by Gasteiger charge is -2.40. The van der Waals surface area contributed by atoms with Crippen LogP contribution in [0.5, 0.6) is 0 Å². The number of amides is 3. The molecule has 1 N–H and O–H groups in total. The largest absolute Gasteiger partial charge is 0.394 e. The number of carbonyl (C=O) groups is 3. The first-order valence-electron chi connectivity index (χ1n) is 14.6. The molecule has 0 bridgehead atoms. The van der Waals surface area contributed by atoms with Gasteiger partial charge >= 0.3 is 0 Å². The lowest BCUT2D eigenvalue weighted by Crippen LogP contribution is -2.58. The number of likely N-dealkylation sites (tertiary alicyclic amines) is 1. The van der Waals surface area contributed by atoms with Gasteiger partial charge in [-0.2, -0.15) is 0 Å². The summed E-state index contributed by atoms with van der Waals surface area (Å²) < 4.78 is -0.890. The van der Waals surface area contributed by atoms with Crippen LogP contribution in [0.2, 0.25) is 0 Å². The second kappa shape index (κ2) is 11.2. The zero-order chi connectivity index (χ0) is 28.8. The highest BCUT2D eigenvalue weighted by Gasteiger charge is 2.71. The molecule has 1 aromatic rings. The van der Waals surface area contributed by atoms with E-state index in [2.05, 4.69) is 18.7 Å². The van der Waals surface area contributed by atoms with Crippen molar-refractivity contribution in [2.75, 3.05) is 49.6 Å².